The molecule has 3 atom stereocenters. The van der Waals surface area contributed by atoms with Crippen molar-refractivity contribution in [2.75, 3.05) is 6.54 Å². The van der Waals surface area contributed by atoms with Crippen molar-refractivity contribution in [2.24, 2.45) is 5.92 Å². The first kappa shape index (κ1) is 17.7. The van der Waals surface area contributed by atoms with Crippen molar-refractivity contribution in [1.29, 1.82) is 5.26 Å². The van der Waals surface area contributed by atoms with Crippen LogP contribution in [0, 0.1) is 24.2 Å². The van der Waals surface area contributed by atoms with Crippen LogP contribution in [0.4, 0.5) is 0 Å². The van der Waals surface area contributed by atoms with E-state index in [1.807, 2.05) is 35.1 Å². The van der Waals surface area contributed by atoms with Gasteiger partial charge >= 0.3 is 0 Å². The Morgan fingerprint density at radius 3 is 2.80 bits per heavy atom. The standard InChI is InChI=1S/C20H26N4O/c1-14(22-12-17-4-3-5-19(25)10-17)20-13-23-24(15(20)2)18-8-6-16(11-21)7-9-18/h6-9,13-14,17,19,22,25H,3-5,10,12H2,1-2H3. The number of aromatic nitrogens is 2. The van der Waals surface area contributed by atoms with Gasteiger partial charge in [-0.25, -0.2) is 4.68 Å². The molecule has 0 saturated heterocycles. The lowest BCUT2D eigenvalue weighted by Gasteiger charge is -2.27. The summed E-state index contributed by atoms with van der Waals surface area (Å²) >= 11 is 0. The lowest BCUT2D eigenvalue weighted by Crippen LogP contribution is -2.30. The molecule has 1 fully saturated rings. The molecule has 1 aliphatic carbocycles. The first-order valence-corrected chi connectivity index (χ1v) is 9.05. The maximum absolute atomic E-state index is 9.81. The fraction of sp³-hybridized carbons (Fsp3) is 0.500. The van der Waals surface area contributed by atoms with Crippen LogP contribution < -0.4 is 5.32 Å². The number of hydrogen-bond donors (Lipinski definition) is 2. The molecular weight excluding hydrogens is 312 g/mol. The predicted molar refractivity (Wildman–Crippen MR) is 97.4 cm³/mol. The van der Waals surface area contributed by atoms with Crippen LogP contribution in [0.2, 0.25) is 0 Å². The van der Waals surface area contributed by atoms with Crippen molar-refractivity contribution in [3.05, 3.63) is 47.3 Å². The van der Waals surface area contributed by atoms with Gasteiger partial charge in [0.15, 0.2) is 0 Å². The zero-order valence-corrected chi connectivity index (χ0v) is 14.9. The number of nitrogens with zero attached hydrogens (tertiary/aromatic N) is 3. The van der Waals surface area contributed by atoms with E-state index in [2.05, 4.69) is 30.3 Å². The molecule has 1 aromatic carbocycles. The van der Waals surface area contributed by atoms with Crippen molar-refractivity contribution >= 4 is 0 Å². The number of aliphatic hydroxyl groups excluding tert-OH is 1. The van der Waals surface area contributed by atoms with Crippen LogP contribution in [0.25, 0.3) is 5.69 Å². The molecule has 0 spiro atoms. The maximum Gasteiger partial charge on any atom is 0.0991 e. The molecular formula is C20H26N4O. The Kier molecular flexibility index (Phi) is 5.52. The van der Waals surface area contributed by atoms with Gasteiger partial charge in [0, 0.05) is 17.3 Å². The number of benzene rings is 1. The van der Waals surface area contributed by atoms with Crippen LogP contribution in [0.15, 0.2) is 30.5 Å². The second-order valence-electron chi connectivity index (χ2n) is 7.07. The summed E-state index contributed by atoms with van der Waals surface area (Å²) in [5.41, 5.74) is 3.90. The molecule has 0 bridgehead atoms. The van der Waals surface area contributed by atoms with Gasteiger partial charge in [0.1, 0.15) is 0 Å². The summed E-state index contributed by atoms with van der Waals surface area (Å²) in [5.74, 6) is 0.556. The monoisotopic (exact) mass is 338 g/mol. The second-order valence-corrected chi connectivity index (χ2v) is 7.07. The van der Waals surface area contributed by atoms with E-state index >= 15 is 0 Å². The summed E-state index contributed by atoms with van der Waals surface area (Å²) in [5, 5.41) is 26.9. The van der Waals surface area contributed by atoms with Gasteiger partial charge in [-0.3, -0.25) is 0 Å². The van der Waals surface area contributed by atoms with Gasteiger partial charge < -0.3 is 10.4 Å². The first-order valence-electron chi connectivity index (χ1n) is 9.05. The minimum atomic E-state index is -0.128. The van der Waals surface area contributed by atoms with Gasteiger partial charge in [-0.1, -0.05) is 6.42 Å². The van der Waals surface area contributed by atoms with Crippen molar-refractivity contribution in [3.63, 3.8) is 0 Å². The molecule has 5 nitrogen and oxygen atoms in total. The molecule has 1 heterocycles. The highest BCUT2D eigenvalue weighted by Gasteiger charge is 2.21. The zero-order valence-electron chi connectivity index (χ0n) is 14.9. The minimum absolute atomic E-state index is 0.128. The molecule has 5 heteroatoms. The normalized spacial score (nSPS) is 21.7. The van der Waals surface area contributed by atoms with Crippen molar-refractivity contribution in [1.82, 2.24) is 15.1 Å². The number of rotatable bonds is 5. The third-order valence-corrected chi connectivity index (χ3v) is 5.22. The minimum Gasteiger partial charge on any atom is -0.393 e. The van der Waals surface area contributed by atoms with E-state index < -0.39 is 0 Å². The Bertz CT molecular complexity index is 744. The summed E-state index contributed by atoms with van der Waals surface area (Å²) in [7, 11) is 0. The number of nitrogens with one attached hydrogen (secondary N) is 1. The summed E-state index contributed by atoms with van der Waals surface area (Å²) in [4.78, 5) is 0. The van der Waals surface area contributed by atoms with Gasteiger partial charge in [-0.05, 0) is 69.8 Å². The molecule has 132 valence electrons. The van der Waals surface area contributed by atoms with E-state index in [0.29, 0.717) is 11.5 Å². The Hall–Kier alpha value is -2.16. The van der Waals surface area contributed by atoms with Crippen molar-refractivity contribution < 1.29 is 5.11 Å². The van der Waals surface area contributed by atoms with Crippen LogP contribution in [-0.2, 0) is 0 Å². The first-order chi connectivity index (χ1) is 12.1. The Morgan fingerprint density at radius 1 is 1.36 bits per heavy atom. The van der Waals surface area contributed by atoms with E-state index in [4.69, 9.17) is 5.26 Å². The molecule has 2 N–H and O–H groups in total. The van der Waals surface area contributed by atoms with Gasteiger partial charge in [0.05, 0.1) is 29.6 Å². The topological polar surface area (TPSA) is 73.9 Å². The van der Waals surface area contributed by atoms with Crippen molar-refractivity contribution in [3.8, 4) is 11.8 Å². The molecule has 0 amide bonds. The number of aliphatic hydroxyl groups is 1. The van der Waals surface area contributed by atoms with E-state index in [1.54, 1.807) is 0 Å². The zero-order chi connectivity index (χ0) is 17.8. The van der Waals surface area contributed by atoms with E-state index in [9.17, 15) is 5.11 Å². The molecule has 0 aliphatic heterocycles. The van der Waals surface area contributed by atoms with E-state index in [-0.39, 0.29) is 12.1 Å². The molecule has 1 saturated carbocycles. The third kappa shape index (κ3) is 4.09. The van der Waals surface area contributed by atoms with Crippen LogP contribution in [0.3, 0.4) is 0 Å². The van der Waals surface area contributed by atoms with Gasteiger partial charge in [0.2, 0.25) is 0 Å². The van der Waals surface area contributed by atoms with E-state index in [1.165, 1.54) is 12.0 Å². The number of nitriles is 1. The molecule has 3 rings (SSSR count). The average Bonchev–Trinajstić information content (AvgIpc) is 3.01. The van der Waals surface area contributed by atoms with Gasteiger partial charge in [0.25, 0.3) is 0 Å². The SMILES string of the molecule is Cc1c(C(C)NCC2CCCC(O)C2)cnn1-c1ccc(C#N)cc1. The highest BCUT2D eigenvalue weighted by molar-refractivity contribution is 5.40. The largest absolute Gasteiger partial charge is 0.393 e. The summed E-state index contributed by atoms with van der Waals surface area (Å²) < 4.78 is 1.92. The molecule has 1 aliphatic rings. The summed E-state index contributed by atoms with van der Waals surface area (Å²) in [6.45, 7) is 5.16. The molecule has 0 radical (unpaired) electrons. The molecule has 3 unspecified atom stereocenters. The quantitative estimate of drug-likeness (QED) is 0.877. The molecule has 1 aromatic heterocycles. The Balaban J connectivity index is 1.66. The van der Waals surface area contributed by atoms with Crippen LogP contribution in [-0.4, -0.2) is 27.5 Å². The lowest BCUT2D eigenvalue weighted by molar-refractivity contribution is 0.0998. The van der Waals surface area contributed by atoms with Gasteiger partial charge in [-0.2, -0.15) is 10.4 Å². The smallest absolute Gasteiger partial charge is 0.0991 e. The Labute approximate surface area is 149 Å². The number of hydrogen-bond acceptors (Lipinski definition) is 4. The fourth-order valence-electron chi connectivity index (χ4n) is 3.69. The predicted octanol–water partition coefficient (Wildman–Crippen LogP) is 3.25. The summed E-state index contributed by atoms with van der Waals surface area (Å²) in [6.07, 6.45) is 5.96. The average molecular weight is 338 g/mol. The second kappa shape index (κ2) is 7.81. The molecule has 2 aromatic rings. The highest BCUT2D eigenvalue weighted by atomic mass is 16.3. The summed E-state index contributed by atoms with van der Waals surface area (Å²) in [6, 6.07) is 9.82. The van der Waals surface area contributed by atoms with Crippen LogP contribution in [0.5, 0.6) is 0 Å². The fourth-order valence-corrected chi connectivity index (χ4v) is 3.69. The van der Waals surface area contributed by atoms with Crippen LogP contribution >= 0.6 is 0 Å². The maximum atomic E-state index is 9.81. The van der Waals surface area contributed by atoms with Gasteiger partial charge in [-0.15, -0.1) is 0 Å². The van der Waals surface area contributed by atoms with Crippen molar-refractivity contribution in [2.45, 2.75) is 51.7 Å². The highest BCUT2D eigenvalue weighted by Crippen LogP contribution is 2.25. The lowest BCUT2D eigenvalue weighted by atomic mass is 9.87. The molecule has 25 heavy (non-hydrogen) atoms. The van der Waals surface area contributed by atoms with E-state index in [0.717, 1.165) is 37.2 Å². The Morgan fingerprint density at radius 2 is 2.12 bits per heavy atom. The third-order valence-electron chi connectivity index (χ3n) is 5.22. The van der Waals surface area contributed by atoms with Crippen LogP contribution in [0.1, 0.15) is 55.5 Å².